The van der Waals surface area contributed by atoms with Crippen LogP contribution in [0.4, 0.5) is 0 Å². The van der Waals surface area contributed by atoms with Crippen LogP contribution in [0.3, 0.4) is 0 Å². The van der Waals surface area contributed by atoms with Crippen LogP contribution in [0.1, 0.15) is 23.2 Å². The Hall–Kier alpha value is -3.20. The van der Waals surface area contributed by atoms with E-state index in [4.69, 9.17) is 22.4 Å². The van der Waals surface area contributed by atoms with Gasteiger partial charge in [-0.2, -0.15) is 0 Å². The molecule has 9 nitrogen and oxygen atoms in total. The standard InChI is InChI=1S/C16H15ClN4O5/c17-9-3-1-8(2-4-9)13-19-7-10(15(24)21-13)14(23)20-11(16(25)26)5-6-12(18)22/h1-4,7,11H,5-6H2,(H2,18,22)(H,20,23)(H,25,26)(H,19,21,24). The number of hydrogen-bond donors (Lipinski definition) is 4. The smallest absolute Gasteiger partial charge is 0.326 e. The molecule has 1 unspecified atom stereocenters. The highest BCUT2D eigenvalue weighted by molar-refractivity contribution is 6.30. The molecule has 2 amide bonds. The number of carboxylic acids is 1. The molecule has 0 radical (unpaired) electrons. The molecule has 2 rings (SSSR count). The minimum atomic E-state index is -1.36. The summed E-state index contributed by atoms with van der Waals surface area (Å²) in [4.78, 5) is 52.7. The number of halogens is 1. The number of carbonyl (C=O) groups excluding carboxylic acids is 2. The van der Waals surface area contributed by atoms with Crippen molar-refractivity contribution in [3.8, 4) is 11.4 Å². The van der Waals surface area contributed by atoms with Gasteiger partial charge in [-0.25, -0.2) is 9.78 Å². The molecule has 1 heterocycles. The van der Waals surface area contributed by atoms with Crippen molar-refractivity contribution in [3.63, 3.8) is 0 Å². The van der Waals surface area contributed by atoms with Crippen LogP contribution < -0.4 is 16.6 Å². The Morgan fingerprint density at radius 2 is 1.92 bits per heavy atom. The first kappa shape index (κ1) is 19.1. The van der Waals surface area contributed by atoms with Crippen LogP contribution in [-0.2, 0) is 9.59 Å². The maximum absolute atomic E-state index is 12.1. The monoisotopic (exact) mass is 378 g/mol. The Kier molecular flexibility index (Phi) is 6.07. The summed E-state index contributed by atoms with van der Waals surface area (Å²) in [6.07, 6.45) is 0.636. The number of nitrogens with two attached hydrogens (primary N) is 1. The predicted octanol–water partition coefficient (Wildman–Crippen LogP) is 0.539. The third-order valence-corrected chi connectivity index (χ3v) is 3.70. The highest BCUT2D eigenvalue weighted by atomic mass is 35.5. The van der Waals surface area contributed by atoms with Crippen LogP contribution in [0, 0.1) is 0 Å². The summed E-state index contributed by atoms with van der Waals surface area (Å²) >= 11 is 5.79. The van der Waals surface area contributed by atoms with E-state index in [-0.39, 0.29) is 24.2 Å². The van der Waals surface area contributed by atoms with Gasteiger partial charge in [-0.3, -0.25) is 14.4 Å². The second-order valence-electron chi connectivity index (χ2n) is 5.35. The average molecular weight is 379 g/mol. The summed E-state index contributed by atoms with van der Waals surface area (Å²) in [5.74, 6) is -2.73. The van der Waals surface area contributed by atoms with E-state index in [1.807, 2.05) is 0 Å². The van der Waals surface area contributed by atoms with Gasteiger partial charge in [0.25, 0.3) is 11.5 Å². The van der Waals surface area contributed by atoms with Gasteiger partial charge in [-0.1, -0.05) is 11.6 Å². The van der Waals surface area contributed by atoms with E-state index < -0.39 is 29.4 Å². The van der Waals surface area contributed by atoms with Crippen molar-refractivity contribution in [2.24, 2.45) is 5.73 Å². The molecule has 2 aromatic rings. The molecule has 1 aromatic heterocycles. The molecule has 0 saturated heterocycles. The molecule has 5 N–H and O–H groups in total. The summed E-state index contributed by atoms with van der Waals surface area (Å²) in [6.45, 7) is 0. The zero-order valence-electron chi connectivity index (χ0n) is 13.4. The van der Waals surface area contributed by atoms with E-state index in [0.717, 1.165) is 6.20 Å². The van der Waals surface area contributed by atoms with Gasteiger partial charge < -0.3 is 21.1 Å². The van der Waals surface area contributed by atoms with Crippen molar-refractivity contribution < 1.29 is 19.5 Å². The molecule has 0 aliphatic rings. The molecule has 136 valence electrons. The van der Waals surface area contributed by atoms with Crippen molar-refractivity contribution in [1.82, 2.24) is 15.3 Å². The van der Waals surface area contributed by atoms with Crippen molar-refractivity contribution in [3.05, 3.63) is 51.4 Å². The number of H-pyrrole nitrogens is 1. The van der Waals surface area contributed by atoms with Crippen molar-refractivity contribution in [2.45, 2.75) is 18.9 Å². The van der Waals surface area contributed by atoms with Crippen molar-refractivity contribution >= 4 is 29.4 Å². The Balaban J connectivity index is 2.18. The van der Waals surface area contributed by atoms with E-state index in [1.54, 1.807) is 24.3 Å². The number of nitrogens with zero attached hydrogens (tertiary/aromatic N) is 1. The van der Waals surface area contributed by atoms with E-state index in [0.29, 0.717) is 10.6 Å². The zero-order valence-corrected chi connectivity index (χ0v) is 14.1. The summed E-state index contributed by atoms with van der Waals surface area (Å²) in [7, 11) is 0. The van der Waals surface area contributed by atoms with Gasteiger partial charge in [0, 0.05) is 23.2 Å². The number of benzene rings is 1. The number of aromatic nitrogens is 2. The van der Waals surface area contributed by atoms with Crippen LogP contribution in [0.5, 0.6) is 0 Å². The predicted molar refractivity (Wildman–Crippen MR) is 92.6 cm³/mol. The first-order valence-corrected chi connectivity index (χ1v) is 7.83. The number of carbonyl (C=O) groups is 3. The lowest BCUT2D eigenvalue weighted by Gasteiger charge is -2.13. The van der Waals surface area contributed by atoms with Gasteiger partial charge in [0.05, 0.1) is 0 Å². The molecule has 26 heavy (non-hydrogen) atoms. The number of aliphatic carboxylic acids is 1. The van der Waals surface area contributed by atoms with E-state index >= 15 is 0 Å². The zero-order chi connectivity index (χ0) is 19.3. The van der Waals surface area contributed by atoms with Crippen LogP contribution >= 0.6 is 11.6 Å². The second kappa shape index (κ2) is 8.26. The maximum atomic E-state index is 12.1. The normalized spacial score (nSPS) is 11.6. The van der Waals surface area contributed by atoms with Gasteiger partial charge in [-0.05, 0) is 30.7 Å². The fourth-order valence-corrected chi connectivity index (χ4v) is 2.22. The largest absolute Gasteiger partial charge is 0.480 e. The Bertz CT molecular complexity index is 894. The number of hydrogen-bond acceptors (Lipinski definition) is 5. The Labute approximate surface area is 152 Å². The second-order valence-corrected chi connectivity index (χ2v) is 5.79. The minimum Gasteiger partial charge on any atom is -0.480 e. The topological polar surface area (TPSA) is 155 Å². The molecule has 0 bridgehead atoms. The first-order valence-electron chi connectivity index (χ1n) is 7.45. The minimum absolute atomic E-state index is 0.190. The molecule has 0 aliphatic carbocycles. The third kappa shape index (κ3) is 4.90. The number of carboxylic acid groups (broad SMARTS) is 1. The molecular weight excluding hydrogens is 364 g/mol. The van der Waals surface area contributed by atoms with Crippen molar-refractivity contribution in [1.29, 1.82) is 0 Å². The lowest BCUT2D eigenvalue weighted by atomic mass is 10.1. The van der Waals surface area contributed by atoms with Crippen molar-refractivity contribution in [2.75, 3.05) is 0 Å². The Morgan fingerprint density at radius 3 is 2.46 bits per heavy atom. The first-order chi connectivity index (χ1) is 12.3. The summed E-state index contributed by atoms with van der Waals surface area (Å²) in [5.41, 5.74) is 4.47. The molecule has 10 heteroatoms. The van der Waals surface area contributed by atoms with Crippen LogP contribution in [0.15, 0.2) is 35.3 Å². The number of amides is 2. The summed E-state index contributed by atoms with van der Waals surface area (Å²) in [5, 5.41) is 11.8. The van der Waals surface area contributed by atoms with E-state index in [9.17, 15) is 19.2 Å². The van der Waals surface area contributed by atoms with E-state index in [2.05, 4.69) is 15.3 Å². The molecule has 0 spiro atoms. The number of nitrogens with one attached hydrogen (secondary N) is 2. The average Bonchev–Trinajstić information content (AvgIpc) is 2.58. The maximum Gasteiger partial charge on any atom is 0.326 e. The van der Waals surface area contributed by atoms with Gasteiger partial charge in [0.1, 0.15) is 17.4 Å². The highest BCUT2D eigenvalue weighted by Gasteiger charge is 2.23. The highest BCUT2D eigenvalue weighted by Crippen LogP contribution is 2.16. The Morgan fingerprint density at radius 1 is 1.27 bits per heavy atom. The van der Waals surface area contributed by atoms with E-state index in [1.165, 1.54) is 0 Å². The molecule has 1 aromatic carbocycles. The SMILES string of the molecule is NC(=O)CCC(NC(=O)c1cnc(-c2ccc(Cl)cc2)[nH]c1=O)C(=O)O. The number of aromatic amines is 1. The molecule has 0 aliphatic heterocycles. The molecule has 1 atom stereocenters. The van der Waals surface area contributed by atoms with Crippen LogP contribution in [0.2, 0.25) is 5.02 Å². The van der Waals surface area contributed by atoms with Gasteiger partial charge in [0.2, 0.25) is 5.91 Å². The fourth-order valence-electron chi connectivity index (χ4n) is 2.09. The lowest BCUT2D eigenvalue weighted by molar-refractivity contribution is -0.139. The molecule has 0 saturated carbocycles. The summed E-state index contributed by atoms with van der Waals surface area (Å²) < 4.78 is 0. The number of primary amides is 1. The molecular formula is C16H15ClN4O5. The number of rotatable bonds is 7. The lowest BCUT2D eigenvalue weighted by Crippen LogP contribution is -2.43. The van der Waals surface area contributed by atoms with Crippen LogP contribution in [-0.4, -0.2) is 38.9 Å². The van der Waals surface area contributed by atoms with Gasteiger partial charge in [-0.15, -0.1) is 0 Å². The fraction of sp³-hybridized carbons (Fsp3) is 0.188. The third-order valence-electron chi connectivity index (χ3n) is 3.44. The molecule has 0 fully saturated rings. The summed E-state index contributed by atoms with van der Waals surface area (Å²) in [6, 6.07) is 5.17. The quantitative estimate of drug-likeness (QED) is 0.551. The van der Waals surface area contributed by atoms with Gasteiger partial charge >= 0.3 is 5.97 Å². The van der Waals surface area contributed by atoms with Crippen LogP contribution in [0.25, 0.3) is 11.4 Å². The van der Waals surface area contributed by atoms with Gasteiger partial charge in [0.15, 0.2) is 0 Å².